The smallest absolute Gasteiger partial charge is 0.301 e. The van der Waals surface area contributed by atoms with E-state index in [1.165, 1.54) is 6.26 Å². The van der Waals surface area contributed by atoms with E-state index in [9.17, 15) is 4.79 Å². The molecule has 0 aliphatic rings. The van der Waals surface area contributed by atoms with E-state index in [1.807, 2.05) is 14.0 Å². The highest BCUT2D eigenvalue weighted by Gasteiger charge is 2.17. The van der Waals surface area contributed by atoms with Crippen molar-refractivity contribution in [2.45, 2.75) is 19.5 Å². The summed E-state index contributed by atoms with van der Waals surface area (Å²) in [7, 11) is 3.62. The van der Waals surface area contributed by atoms with Crippen molar-refractivity contribution in [1.82, 2.24) is 10.3 Å². The maximum atomic E-state index is 11.4. The number of hydrazine groups is 1. The number of ether oxygens (including phenoxy) is 1. The zero-order chi connectivity index (χ0) is 12.8. The number of nitrogens with zero attached hydrogens (tertiary/aromatic N) is 1. The summed E-state index contributed by atoms with van der Waals surface area (Å²) in [6.45, 7) is 3.28. The number of methoxy groups -OCH3 is 1. The monoisotopic (exact) mass is 241 g/mol. The molecule has 0 fully saturated rings. The maximum absolute atomic E-state index is 11.4. The minimum absolute atomic E-state index is 0.253. The number of nitrogen functional groups attached to an aromatic ring is 1. The van der Waals surface area contributed by atoms with E-state index >= 15 is 0 Å². The first kappa shape index (κ1) is 13.7. The van der Waals surface area contributed by atoms with Gasteiger partial charge in [0.1, 0.15) is 0 Å². The predicted octanol–water partition coefficient (Wildman–Crippen LogP) is 0.350. The minimum Gasteiger partial charge on any atom is -0.459 e. The number of nitrogens with two attached hydrogens (primary N) is 1. The van der Waals surface area contributed by atoms with E-state index in [1.54, 1.807) is 13.2 Å². The quantitative estimate of drug-likeness (QED) is 0.427. The van der Waals surface area contributed by atoms with Gasteiger partial charge in [-0.2, -0.15) is 0 Å². The van der Waals surface area contributed by atoms with Crippen LogP contribution in [0.3, 0.4) is 0 Å². The van der Waals surface area contributed by atoms with Crippen LogP contribution in [0.2, 0.25) is 0 Å². The lowest BCUT2D eigenvalue weighted by Crippen LogP contribution is -2.34. The van der Waals surface area contributed by atoms with E-state index in [0.717, 1.165) is 5.56 Å². The minimum atomic E-state index is -0.419. The van der Waals surface area contributed by atoms with Gasteiger partial charge in [-0.05, 0) is 20.0 Å². The Morgan fingerprint density at radius 2 is 2.41 bits per heavy atom. The van der Waals surface area contributed by atoms with Crippen LogP contribution in [0.25, 0.3) is 0 Å². The Hall–Kier alpha value is -1.37. The molecule has 1 unspecified atom stereocenters. The zero-order valence-electron chi connectivity index (χ0n) is 10.4. The topological polar surface area (TPSA) is 80.7 Å². The number of nitrogens with one attached hydrogen (secondary N) is 1. The van der Waals surface area contributed by atoms with Crippen molar-refractivity contribution in [2.24, 2.45) is 5.84 Å². The van der Waals surface area contributed by atoms with Crippen LogP contribution in [0.5, 0.6) is 0 Å². The standard InChI is InChI=1S/C11H19N3O3/c1-8(7-16-3)14(2)6-9-4-5-17-10(9)11(15)13-12/h4-5,8H,6-7,12H2,1-3H3,(H,13,15). The van der Waals surface area contributed by atoms with E-state index in [-0.39, 0.29) is 11.8 Å². The van der Waals surface area contributed by atoms with E-state index in [4.69, 9.17) is 15.0 Å². The van der Waals surface area contributed by atoms with Crippen LogP contribution in [0.15, 0.2) is 16.7 Å². The second-order valence-electron chi connectivity index (χ2n) is 3.97. The molecule has 96 valence electrons. The Morgan fingerprint density at radius 1 is 1.71 bits per heavy atom. The van der Waals surface area contributed by atoms with Crippen molar-refractivity contribution in [3.8, 4) is 0 Å². The number of furan rings is 1. The van der Waals surface area contributed by atoms with Crippen molar-refractivity contribution in [2.75, 3.05) is 20.8 Å². The lowest BCUT2D eigenvalue weighted by atomic mass is 10.2. The van der Waals surface area contributed by atoms with Crippen LogP contribution >= 0.6 is 0 Å². The number of rotatable bonds is 6. The fourth-order valence-corrected chi connectivity index (χ4v) is 1.52. The molecule has 1 atom stereocenters. The number of hydrogen-bond acceptors (Lipinski definition) is 5. The zero-order valence-corrected chi connectivity index (χ0v) is 10.4. The summed E-state index contributed by atoms with van der Waals surface area (Å²) in [5.74, 6) is 4.91. The van der Waals surface area contributed by atoms with E-state index in [0.29, 0.717) is 13.2 Å². The SMILES string of the molecule is COCC(C)N(C)Cc1ccoc1C(=O)NN. The molecule has 0 bridgehead atoms. The first-order valence-corrected chi connectivity index (χ1v) is 5.36. The average Bonchev–Trinajstić information content (AvgIpc) is 2.76. The first-order valence-electron chi connectivity index (χ1n) is 5.36. The molecule has 0 spiro atoms. The molecule has 3 N–H and O–H groups in total. The number of likely N-dealkylation sites (N-methyl/N-ethyl adjacent to an activating group) is 1. The van der Waals surface area contributed by atoms with Crippen LogP contribution < -0.4 is 11.3 Å². The van der Waals surface area contributed by atoms with Crippen molar-refractivity contribution in [3.05, 3.63) is 23.7 Å². The van der Waals surface area contributed by atoms with Gasteiger partial charge < -0.3 is 9.15 Å². The van der Waals surface area contributed by atoms with Gasteiger partial charge in [0, 0.05) is 25.3 Å². The molecule has 6 heteroatoms. The maximum Gasteiger partial charge on any atom is 0.301 e. The summed E-state index contributed by atoms with van der Waals surface area (Å²) >= 11 is 0. The fraction of sp³-hybridized carbons (Fsp3) is 0.545. The number of amides is 1. The molecule has 0 saturated carbocycles. The Balaban J connectivity index is 2.68. The summed E-state index contributed by atoms with van der Waals surface area (Å²) in [5, 5.41) is 0. The van der Waals surface area contributed by atoms with Gasteiger partial charge in [0.25, 0.3) is 0 Å². The summed E-state index contributed by atoms with van der Waals surface area (Å²) < 4.78 is 10.2. The molecule has 1 aromatic heterocycles. The van der Waals surface area contributed by atoms with Gasteiger partial charge in [-0.25, -0.2) is 5.84 Å². The van der Waals surface area contributed by atoms with Crippen molar-refractivity contribution >= 4 is 5.91 Å². The molecule has 6 nitrogen and oxygen atoms in total. The van der Waals surface area contributed by atoms with Crippen LogP contribution in [-0.2, 0) is 11.3 Å². The Labute approximate surface area is 101 Å². The summed E-state index contributed by atoms with van der Waals surface area (Å²) in [5.41, 5.74) is 2.86. The lowest BCUT2D eigenvalue weighted by Gasteiger charge is -2.23. The van der Waals surface area contributed by atoms with Gasteiger partial charge in [0.2, 0.25) is 0 Å². The Bertz CT molecular complexity index is 365. The Kier molecular flexibility index (Phi) is 5.14. The highest BCUT2D eigenvalue weighted by atomic mass is 16.5. The van der Waals surface area contributed by atoms with Crippen LogP contribution in [0, 0.1) is 0 Å². The summed E-state index contributed by atoms with van der Waals surface area (Å²) in [4.78, 5) is 13.5. The first-order chi connectivity index (χ1) is 8.10. The Morgan fingerprint density at radius 3 is 3.00 bits per heavy atom. The molecule has 17 heavy (non-hydrogen) atoms. The predicted molar refractivity (Wildman–Crippen MR) is 63.2 cm³/mol. The third kappa shape index (κ3) is 3.55. The molecule has 0 radical (unpaired) electrons. The van der Waals surface area contributed by atoms with Crippen LogP contribution in [-0.4, -0.2) is 37.6 Å². The molecule has 0 aliphatic carbocycles. The van der Waals surface area contributed by atoms with Gasteiger partial charge in [0.15, 0.2) is 5.76 Å². The summed E-state index contributed by atoms with van der Waals surface area (Å²) in [6.07, 6.45) is 1.48. The van der Waals surface area contributed by atoms with Crippen molar-refractivity contribution < 1.29 is 13.9 Å². The third-order valence-electron chi connectivity index (χ3n) is 2.66. The van der Waals surface area contributed by atoms with Gasteiger partial charge in [-0.3, -0.25) is 15.1 Å². The second kappa shape index (κ2) is 6.39. The highest BCUT2D eigenvalue weighted by Crippen LogP contribution is 2.13. The molecular weight excluding hydrogens is 222 g/mol. The van der Waals surface area contributed by atoms with Crippen LogP contribution in [0.4, 0.5) is 0 Å². The number of hydrogen-bond donors (Lipinski definition) is 2. The molecular formula is C11H19N3O3. The molecule has 1 aromatic rings. The summed E-state index contributed by atoms with van der Waals surface area (Å²) in [6, 6.07) is 2.02. The van der Waals surface area contributed by atoms with Gasteiger partial charge in [-0.1, -0.05) is 0 Å². The lowest BCUT2D eigenvalue weighted by molar-refractivity contribution is 0.0918. The molecule has 1 heterocycles. The van der Waals surface area contributed by atoms with E-state index in [2.05, 4.69) is 10.3 Å². The van der Waals surface area contributed by atoms with Gasteiger partial charge in [-0.15, -0.1) is 0 Å². The number of carbonyl (C=O) groups excluding carboxylic acids is 1. The fourth-order valence-electron chi connectivity index (χ4n) is 1.52. The molecule has 1 amide bonds. The molecule has 0 aromatic carbocycles. The molecule has 1 rings (SSSR count). The highest BCUT2D eigenvalue weighted by molar-refractivity contribution is 5.92. The van der Waals surface area contributed by atoms with Crippen LogP contribution in [0.1, 0.15) is 23.0 Å². The van der Waals surface area contributed by atoms with E-state index < -0.39 is 5.91 Å². The van der Waals surface area contributed by atoms with Crippen molar-refractivity contribution in [1.29, 1.82) is 0 Å². The molecule has 0 saturated heterocycles. The number of carbonyl (C=O) groups is 1. The normalized spacial score (nSPS) is 12.8. The third-order valence-corrected chi connectivity index (χ3v) is 2.66. The largest absolute Gasteiger partial charge is 0.459 e. The van der Waals surface area contributed by atoms with Gasteiger partial charge in [0.05, 0.1) is 12.9 Å². The van der Waals surface area contributed by atoms with Gasteiger partial charge >= 0.3 is 5.91 Å². The second-order valence-corrected chi connectivity index (χ2v) is 3.97. The van der Waals surface area contributed by atoms with Crippen molar-refractivity contribution in [3.63, 3.8) is 0 Å². The molecule has 0 aliphatic heterocycles. The average molecular weight is 241 g/mol.